The molecule has 2 rings (SSSR count). The van der Waals surface area contributed by atoms with Gasteiger partial charge in [0, 0.05) is 47.7 Å². The summed E-state index contributed by atoms with van der Waals surface area (Å²) in [5.41, 5.74) is 4.25. The predicted octanol–water partition coefficient (Wildman–Crippen LogP) is 7.76. The van der Waals surface area contributed by atoms with Crippen LogP contribution in [0.3, 0.4) is 0 Å². The van der Waals surface area contributed by atoms with Gasteiger partial charge in [0.15, 0.2) is 0 Å². The molecule has 1 fully saturated rings. The van der Waals surface area contributed by atoms with Crippen LogP contribution in [0, 0.1) is 11.2 Å². The SMILES string of the molecule is C=C(/C=C(\C=C/C)c1cncc(/C(C)=C/C=C(\C=C\Cl)C(=O)N2CCC(OF)CC2)c1F)C(C)(C)C. The molecule has 0 unspecified atom stereocenters. The molecule has 0 saturated carbocycles. The van der Waals surface area contributed by atoms with Gasteiger partial charge in [0.2, 0.25) is 0 Å². The first-order chi connectivity index (χ1) is 17.0. The highest BCUT2D eigenvalue weighted by molar-refractivity contribution is 6.26. The van der Waals surface area contributed by atoms with Gasteiger partial charge in [-0.25, -0.2) is 4.39 Å². The molecule has 0 aromatic carbocycles. The molecule has 1 saturated heterocycles. The topological polar surface area (TPSA) is 42.4 Å². The van der Waals surface area contributed by atoms with Gasteiger partial charge in [0.25, 0.3) is 5.91 Å². The first kappa shape index (κ1) is 29.4. The van der Waals surface area contributed by atoms with Gasteiger partial charge in [-0.2, -0.15) is 4.94 Å². The Kier molecular flexibility index (Phi) is 11.0. The minimum absolute atomic E-state index is 0.165. The molecule has 4 nitrogen and oxygen atoms in total. The predicted molar refractivity (Wildman–Crippen MR) is 144 cm³/mol. The lowest BCUT2D eigenvalue weighted by Gasteiger charge is -2.30. The van der Waals surface area contributed by atoms with Crippen LogP contribution < -0.4 is 0 Å². The smallest absolute Gasteiger partial charge is 0.253 e. The van der Waals surface area contributed by atoms with Crippen molar-refractivity contribution in [2.24, 2.45) is 5.41 Å². The van der Waals surface area contributed by atoms with Crippen molar-refractivity contribution >= 4 is 28.7 Å². The third-order valence-electron chi connectivity index (χ3n) is 6.11. The zero-order valence-electron chi connectivity index (χ0n) is 21.7. The van der Waals surface area contributed by atoms with Crippen molar-refractivity contribution in [1.82, 2.24) is 9.88 Å². The number of allylic oxidation sites excluding steroid dienone is 8. The van der Waals surface area contributed by atoms with Crippen LogP contribution in [0.5, 0.6) is 0 Å². The average Bonchev–Trinajstić information content (AvgIpc) is 2.85. The average molecular weight is 517 g/mol. The molecule has 0 bridgehead atoms. The van der Waals surface area contributed by atoms with Crippen molar-refractivity contribution in [3.63, 3.8) is 0 Å². The number of pyridine rings is 1. The minimum atomic E-state index is -0.489. The molecule has 0 spiro atoms. The van der Waals surface area contributed by atoms with E-state index in [0.717, 1.165) is 5.57 Å². The van der Waals surface area contributed by atoms with Gasteiger partial charge in [-0.1, -0.05) is 63.3 Å². The second-order valence-electron chi connectivity index (χ2n) is 9.77. The lowest BCUT2D eigenvalue weighted by molar-refractivity contribution is -0.191. The van der Waals surface area contributed by atoms with E-state index >= 15 is 4.39 Å². The molecule has 1 aliphatic heterocycles. The maximum absolute atomic E-state index is 15.7. The van der Waals surface area contributed by atoms with E-state index in [1.54, 1.807) is 24.0 Å². The Morgan fingerprint density at radius 3 is 2.39 bits per heavy atom. The maximum Gasteiger partial charge on any atom is 0.253 e. The molecule has 0 radical (unpaired) electrons. The summed E-state index contributed by atoms with van der Waals surface area (Å²) >= 11 is 5.77. The van der Waals surface area contributed by atoms with Gasteiger partial charge >= 0.3 is 0 Å². The molecule has 1 aromatic rings. The first-order valence-corrected chi connectivity index (χ1v) is 12.4. The number of piperidine rings is 1. The van der Waals surface area contributed by atoms with Crippen LogP contribution in [0.25, 0.3) is 11.1 Å². The number of halogens is 3. The fourth-order valence-corrected chi connectivity index (χ4v) is 3.76. The Morgan fingerprint density at radius 2 is 1.83 bits per heavy atom. The van der Waals surface area contributed by atoms with E-state index in [1.165, 1.54) is 24.0 Å². The standard InChI is InChI=1S/C29H35ClF2N2O2/c1-7-8-23(17-21(3)29(4,5)6)26-19-33-18-25(27(26)31)20(2)9-10-22(11-14-30)28(35)34-15-12-24(36-32)13-16-34/h7-11,14,17-19,24H,3,12-13,15-16H2,1-2,4-6H3/b8-7-,14-11+,20-9+,22-10+,23-17+. The molecule has 36 heavy (non-hydrogen) atoms. The number of amides is 1. The van der Waals surface area contributed by atoms with Crippen molar-refractivity contribution in [2.75, 3.05) is 13.1 Å². The van der Waals surface area contributed by atoms with E-state index in [-0.39, 0.29) is 11.3 Å². The Hall–Kier alpha value is -2.83. The van der Waals surface area contributed by atoms with Gasteiger partial charge < -0.3 is 4.90 Å². The van der Waals surface area contributed by atoms with Crippen LogP contribution in [-0.2, 0) is 9.74 Å². The number of rotatable bonds is 8. The number of likely N-dealkylation sites (tertiary alicyclic amines) is 1. The molecule has 1 aliphatic rings. The quantitative estimate of drug-likeness (QED) is 0.262. The number of aromatic nitrogens is 1. The maximum atomic E-state index is 15.7. The Balaban J connectivity index is 2.40. The van der Waals surface area contributed by atoms with Crippen molar-refractivity contribution in [2.45, 2.75) is 53.6 Å². The second kappa shape index (κ2) is 13.5. The van der Waals surface area contributed by atoms with Crippen LogP contribution in [0.15, 0.2) is 72.1 Å². The lowest BCUT2D eigenvalue weighted by Crippen LogP contribution is -2.40. The first-order valence-electron chi connectivity index (χ1n) is 11.9. The summed E-state index contributed by atoms with van der Waals surface area (Å²) in [4.78, 5) is 22.8. The second-order valence-corrected chi connectivity index (χ2v) is 10.0. The number of hydrogen-bond acceptors (Lipinski definition) is 3. The molecule has 1 amide bonds. The third-order valence-corrected chi connectivity index (χ3v) is 6.24. The van der Waals surface area contributed by atoms with Gasteiger partial charge in [0.05, 0.1) is 0 Å². The van der Waals surface area contributed by atoms with Crippen molar-refractivity contribution in [1.29, 1.82) is 0 Å². The zero-order chi connectivity index (χ0) is 26.9. The molecular formula is C29H35ClF2N2O2. The fourth-order valence-electron chi connectivity index (χ4n) is 3.62. The lowest BCUT2D eigenvalue weighted by atomic mass is 9.85. The van der Waals surface area contributed by atoms with E-state index in [0.29, 0.717) is 53.8 Å². The highest BCUT2D eigenvalue weighted by Crippen LogP contribution is 2.31. The van der Waals surface area contributed by atoms with Gasteiger partial charge in [-0.05, 0) is 65.5 Å². The highest BCUT2D eigenvalue weighted by Gasteiger charge is 2.25. The summed E-state index contributed by atoms with van der Waals surface area (Å²) in [6, 6.07) is 0. The van der Waals surface area contributed by atoms with Crippen LogP contribution in [-0.4, -0.2) is 35.0 Å². The van der Waals surface area contributed by atoms with E-state index in [4.69, 9.17) is 11.6 Å². The molecule has 7 heteroatoms. The molecule has 2 heterocycles. The van der Waals surface area contributed by atoms with Crippen LogP contribution in [0.1, 0.15) is 58.6 Å². The Bertz CT molecular complexity index is 1100. The number of nitrogens with zero attached hydrogens (tertiary/aromatic N) is 2. The van der Waals surface area contributed by atoms with Crippen molar-refractivity contribution in [3.8, 4) is 0 Å². The van der Waals surface area contributed by atoms with Gasteiger partial charge in [-0.15, -0.1) is 0 Å². The normalized spacial score (nSPS) is 16.9. The van der Waals surface area contributed by atoms with E-state index in [9.17, 15) is 9.32 Å². The van der Waals surface area contributed by atoms with Crippen LogP contribution in [0.4, 0.5) is 8.92 Å². The van der Waals surface area contributed by atoms with Crippen LogP contribution in [0.2, 0.25) is 0 Å². The number of carbonyl (C=O) groups excluding carboxylic acids is 1. The van der Waals surface area contributed by atoms with E-state index in [2.05, 4.69) is 37.3 Å². The minimum Gasteiger partial charge on any atom is -0.338 e. The summed E-state index contributed by atoms with van der Waals surface area (Å²) in [5.74, 6) is -0.646. The number of carbonyl (C=O) groups is 1. The number of hydrogen-bond donors (Lipinski definition) is 0. The van der Waals surface area contributed by atoms with E-state index in [1.807, 2.05) is 25.2 Å². The Labute approximate surface area is 218 Å². The molecule has 0 N–H and O–H groups in total. The summed E-state index contributed by atoms with van der Waals surface area (Å²) in [7, 11) is 0. The monoisotopic (exact) mass is 516 g/mol. The Morgan fingerprint density at radius 1 is 1.19 bits per heavy atom. The van der Waals surface area contributed by atoms with Crippen molar-refractivity contribution in [3.05, 3.63) is 89.1 Å². The van der Waals surface area contributed by atoms with Gasteiger partial charge in [-0.3, -0.25) is 9.78 Å². The summed E-state index contributed by atoms with van der Waals surface area (Å²) in [6.45, 7) is 14.7. The largest absolute Gasteiger partial charge is 0.338 e. The molecular weight excluding hydrogens is 482 g/mol. The summed E-state index contributed by atoms with van der Waals surface area (Å²) in [6.07, 6.45) is 13.6. The summed E-state index contributed by atoms with van der Waals surface area (Å²) < 4.78 is 28.1. The van der Waals surface area contributed by atoms with Gasteiger partial charge in [0.1, 0.15) is 11.9 Å². The third kappa shape index (κ3) is 7.84. The highest BCUT2D eigenvalue weighted by atomic mass is 35.5. The van der Waals surface area contributed by atoms with Crippen LogP contribution >= 0.6 is 11.6 Å². The molecule has 0 aliphatic carbocycles. The molecule has 0 atom stereocenters. The molecule has 194 valence electrons. The van der Waals surface area contributed by atoms with E-state index < -0.39 is 11.9 Å². The zero-order valence-corrected chi connectivity index (χ0v) is 22.4. The molecule has 1 aromatic heterocycles. The summed E-state index contributed by atoms with van der Waals surface area (Å²) in [5, 5.41) is 0. The fraction of sp³-hybridized carbons (Fsp3) is 0.379. The van der Waals surface area contributed by atoms with Crippen molar-refractivity contribution < 1.29 is 18.7 Å².